The van der Waals surface area contributed by atoms with Crippen LogP contribution in [0.1, 0.15) is 19.8 Å². The summed E-state index contributed by atoms with van der Waals surface area (Å²) in [5.74, 6) is 2.30. The van der Waals surface area contributed by atoms with Crippen LogP contribution in [0.4, 0.5) is 0 Å². The van der Waals surface area contributed by atoms with Crippen molar-refractivity contribution < 1.29 is 17.9 Å². The summed E-state index contributed by atoms with van der Waals surface area (Å²) in [6.07, 6.45) is 1.24. The predicted octanol–water partition coefficient (Wildman–Crippen LogP) is 4.31. The number of aromatic amines is 1. The molecule has 0 aliphatic heterocycles. The van der Waals surface area contributed by atoms with Crippen LogP contribution < -0.4 is 14.6 Å². The van der Waals surface area contributed by atoms with Crippen LogP contribution >= 0.6 is 11.8 Å². The lowest BCUT2D eigenvalue weighted by Gasteiger charge is -2.07. The zero-order valence-corrected chi connectivity index (χ0v) is 19.4. The molecule has 1 atom stereocenters. The van der Waals surface area contributed by atoms with Gasteiger partial charge in [-0.25, -0.2) is 18.5 Å². The van der Waals surface area contributed by atoms with Crippen molar-refractivity contribution in [2.45, 2.75) is 30.2 Å². The lowest BCUT2D eigenvalue weighted by Crippen LogP contribution is -2.25. The van der Waals surface area contributed by atoms with Crippen molar-refractivity contribution in [1.82, 2.24) is 9.97 Å². The van der Waals surface area contributed by atoms with Crippen molar-refractivity contribution in [2.75, 3.05) is 20.0 Å². The fourth-order valence-corrected chi connectivity index (χ4v) is 4.38. The maximum Gasteiger partial charge on any atom is 0.211 e. The number of rotatable bonds is 10. The third-order valence-electron chi connectivity index (χ3n) is 4.98. The van der Waals surface area contributed by atoms with Crippen LogP contribution in [0.2, 0.25) is 0 Å². The Labute approximate surface area is 187 Å². The van der Waals surface area contributed by atoms with E-state index in [1.807, 2.05) is 48.5 Å². The third-order valence-corrected chi connectivity index (χ3v) is 7.30. The van der Waals surface area contributed by atoms with Crippen molar-refractivity contribution in [3.63, 3.8) is 0 Å². The molecule has 0 amide bonds. The predicted molar refractivity (Wildman–Crippen MR) is 125 cm³/mol. The van der Waals surface area contributed by atoms with Gasteiger partial charge in [0.25, 0.3) is 0 Å². The molecule has 0 radical (unpaired) electrons. The van der Waals surface area contributed by atoms with Crippen molar-refractivity contribution in [3.8, 4) is 34.0 Å². The molecule has 2 aromatic carbocycles. The van der Waals surface area contributed by atoms with E-state index < -0.39 is 15.3 Å². The molecule has 7 nitrogen and oxygen atoms in total. The van der Waals surface area contributed by atoms with Gasteiger partial charge in [-0.3, -0.25) is 0 Å². The summed E-state index contributed by atoms with van der Waals surface area (Å²) >= 11 is 1.56. The van der Waals surface area contributed by atoms with E-state index >= 15 is 0 Å². The first kappa shape index (κ1) is 23.2. The fraction of sp³-hybridized carbons (Fsp3) is 0.318. The molecule has 0 spiro atoms. The Hall–Kier alpha value is -2.49. The van der Waals surface area contributed by atoms with E-state index in [2.05, 4.69) is 4.98 Å². The summed E-state index contributed by atoms with van der Waals surface area (Å²) in [6.45, 7) is 1.64. The number of ether oxygens (including phenoxy) is 2. The lowest BCUT2D eigenvalue weighted by molar-refractivity contribution is 0.414. The summed E-state index contributed by atoms with van der Waals surface area (Å²) in [5.41, 5.74) is 3.72. The van der Waals surface area contributed by atoms with Gasteiger partial charge in [0.15, 0.2) is 5.16 Å². The van der Waals surface area contributed by atoms with Gasteiger partial charge in [0.1, 0.15) is 11.5 Å². The Morgan fingerprint density at radius 1 is 1.00 bits per heavy atom. The number of sulfonamides is 1. The first-order valence-electron chi connectivity index (χ1n) is 9.85. The Morgan fingerprint density at radius 3 is 2.06 bits per heavy atom. The Balaban J connectivity index is 1.82. The minimum Gasteiger partial charge on any atom is -0.497 e. The van der Waals surface area contributed by atoms with Crippen LogP contribution in [-0.2, 0) is 10.0 Å². The largest absolute Gasteiger partial charge is 0.497 e. The molecule has 0 aliphatic carbocycles. The van der Waals surface area contributed by atoms with Gasteiger partial charge >= 0.3 is 0 Å². The molecule has 0 fully saturated rings. The number of methoxy groups -OCH3 is 2. The number of hydrogen-bond donors (Lipinski definition) is 2. The zero-order chi connectivity index (χ0) is 22.4. The highest BCUT2D eigenvalue weighted by Crippen LogP contribution is 2.34. The van der Waals surface area contributed by atoms with Gasteiger partial charge < -0.3 is 14.5 Å². The number of H-pyrrole nitrogens is 1. The lowest BCUT2D eigenvalue weighted by atomic mass is 10.0. The molecule has 3 rings (SSSR count). The van der Waals surface area contributed by atoms with E-state index in [0.29, 0.717) is 6.42 Å². The molecule has 1 aromatic heterocycles. The van der Waals surface area contributed by atoms with Gasteiger partial charge in [0.2, 0.25) is 10.0 Å². The molecule has 166 valence electrons. The summed E-state index contributed by atoms with van der Waals surface area (Å²) in [7, 11) is -0.212. The monoisotopic (exact) mass is 461 g/mol. The maximum absolute atomic E-state index is 11.4. The summed E-state index contributed by atoms with van der Waals surface area (Å²) in [4.78, 5) is 8.23. The smallest absolute Gasteiger partial charge is 0.211 e. The number of hydrogen-bond acceptors (Lipinski definition) is 6. The fourth-order valence-electron chi connectivity index (χ4n) is 3.05. The molecule has 3 N–H and O–H groups in total. The number of thioether (sulfide) groups is 1. The molecule has 0 saturated carbocycles. The molecule has 3 aromatic rings. The second kappa shape index (κ2) is 10.2. The van der Waals surface area contributed by atoms with Crippen molar-refractivity contribution in [1.29, 1.82) is 0 Å². The number of aromatic nitrogens is 2. The first-order chi connectivity index (χ1) is 14.8. The Kier molecular flexibility index (Phi) is 7.64. The van der Waals surface area contributed by atoms with Crippen LogP contribution in [0.25, 0.3) is 22.5 Å². The number of benzene rings is 2. The van der Waals surface area contributed by atoms with Gasteiger partial charge in [-0.15, -0.1) is 0 Å². The second-order valence-electron chi connectivity index (χ2n) is 7.11. The van der Waals surface area contributed by atoms with Crippen molar-refractivity contribution in [2.24, 2.45) is 5.14 Å². The summed E-state index contributed by atoms with van der Waals surface area (Å²) in [5, 5.41) is 5.43. The first-order valence-corrected chi connectivity index (χ1v) is 12.4. The van der Waals surface area contributed by atoms with Crippen molar-refractivity contribution >= 4 is 21.8 Å². The molecule has 1 heterocycles. The molecule has 0 bridgehead atoms. The molecule has 0 aliphatic rings. The van der Waals surface area contributed by atoms with Crippen molar-refractivity contribution in [3.05, 3.63) is 48.5 Å². The van der Waals surface area contributed by atoms with Crippen LogP contribution in [0, 0.1) is 0 Å². The van der Waals surface area contributed by atoms with Gasteiger partial charge in [-0.1, -0.05) is 11.8 Å². The molecule has 9 heteroatoms. The molecule has 31 heavy (non-hydrogen) atoms. The highest BCUT2D eigenvalue weighted by Gasteiger charge is 2.17. The van der Waals surface area contributed by atoms with Gasteiger partial charge in [0, 0.05) is 16.9 Å². The molecule has 1 unspecified atom stereocenters. The molecular formula is C22H27N3O4S2. The average molecular weight is 462 g/mol. The highest BCUT2D eigenvalue weighted by molar-refractivity contribution is 7.99. The van der Waals surface area contributed by atoms with Gasteiger partial charge in [-0.2, -0.15) is 0 Å². The maximum atomic E-state index is 11.4. The average Bonchev–Trinajstić information content (AvgIpc) is 3.20. The van der Waals surface area contributed by atoms with Crippen LogP contribution in [0.3, 0.4) is 0 Å². The van der Waals surface area contributed by atoms with E-state index in [1.165, 1.54) is 0 Å². The number of nitrogens with two attached hydrogens (primary N) is 1. The minimum absolute atomic E-state index is 0.517. The Bertz CT molecular complexity index is 1030. The van der Waals surface area contributed by atoms with E-state index in [-0.39, 0.29) is 0 Å². The van der Waals surface area contributed by atoms with E-state index in [4.69, 9.17) is 19.6 Å². The van der Waals surface area contributed by atoms with Gasteiger partial charge in [0.05, 0.1) is 30.9 Å². The van der Waals surface area contributed by atoms with Crippen LogP contribution in [0.15, 0.2) is 53.7 Å². The summed E-state index contributed by atoms with van der Waals surface area (Å²) in [6, 6.07) is 15.6. The zero-order valence-electron chi connectivity index (χ0n) is 17.8. The normalized spacial score (nSPS) is 12.5. The molecule has 0 saturated heterocycles. The summed E-state index contributed by atoms with van der Waals surface area (Å²) < 4.78 is 33.3. The third kappa shape index (κ3) is 6.03. The quantitative estimate of drug-likeness (QED) is 0.344. The van der Waals surface area contributed by atoms with Gasteiger partial charge in [-0.05, 0) is 68.3 Å². The number of nitrogens with one attached hydrogen (secondary N) is 1. The topological polar surface area (TPSA) is 107 Å². The SMILES string of the molecule is COc1ccc(-c2nc(SCCCC(C)S(N)(=O)=O)[nH]c2-c2ccc(OC)cc2)cc1. The van der Waals surface area contributed by atoms with E-state index in [9.17, 15) is 8.42 Å². The number of nitrogens with zero attached hydrogens (tertiary/aromatic N) is 1. The van der Waals surface area contributed by atoms with E-state index in [1.54, 1.807) is 32.9 Å². The molecular weight excluding hydrogens is 434 g/mol. The van der Waals surface area contributed by atoms with Crippen LogP contribution in [-0.4, -0.2) is 43.6 Å². The number of imidazole rings is 1. The highest BCUT2D eigenvalue weighted by atomic mass is 32.2. The standard InChI is InChI=1S/C22H27N3O4S2/c1-15(31(23,26)27)5-4-14-30-22-24-20(16-6-10-18(28-2)11-7-16)21(25-22)17-8-12-19(29-3)13-9-17/h6-13,15H,4-5,14H2,1-3H3,(H,24,25)(H2,23,26,27). The number of primary sulfonamides is 1. The Morgan fingerprint density at radius 2 is 1.55 bits per heavy atom. The minimum atomic E-state index is -3.49. The second-order valence-corrected chi connectivity index (χ2v) is 10.2. The van der Waals surface area contributed by atoms with E-state index in [0.717, 1.165) is 51.3 Å². The van der Waals surface area contributed by atoms with Crippen LogP contribution in [0.5, 0.6) is 11.5 Å².